The van der Waals surface area contributed by atoms with Crippen LogP contribution >= 0.6 is 0 Å². The van der Waals surface area contributed by atoms with Gasteiger partial charge in [0.15, 0.2) is 5.78 Å². The molecule has 0 spiro atoms. The highest BCUT2D eigenvalue weighted by Crippen LogP contribution is 2.20. The van der Waals surface area contributed by atoms with E-state index in [9.17, 15) is 9.90 Å². The zero-order chi connectivity index (χ0) is 17.5. The Labute approximate surface area is 147 Å². The standard InChI is InChI=1S/C23H16O2/c24-22(16-14-19-9-5-2-6-10-19)21-15-13-20(17-23(21)25)12-11-18-7-3-1-4-8-18/h1-10,13-17,25H/b16-14+. The van der Waals surface area contributed by atoms with Crippen LogP contribution in [0.3, 0.4) is 0 Å². The van der Waals surface area contributed by atoms with E-state index in [1.54, 1.807) is 18.2 Å². The van der Waals surface area contributed by atoms with Gasteiger partial charge < -0.3 is 5.11 Å². The third-order valence-corrected chi connectivity index (χ3v) is 3.61. The lowest BCUT2D eigenvalue weighted by Gasteiger charge is -2.01. The SMILES string of the molecule is O=C(/C=C/c1ccccc1)c1ccc(C#Cc2ccccc2)cc1O. The Bertz CT molecular complexity index is 959. The second-order valence-electron chi connectivity index (χ2n) is 5.46. The first-order valence-electron chi connectivity index (χ1n) is 7.90. The van der Waals surface area contributed by atoms with E-state index in [0.717, 1.165) is 11.1 Å². The van der Waals surface area contributed by atoms with Crippen molar-refractivity contribution in [2.75, 3.05) is 0 Å². The van der Waals surface area contributed by atoms with Crippen LogP contribution in [-0.2, 0) is 0 Å². The predicted octanol–water partition coefficient (Wildman–Crippen LogP) is 4.69. The van der Waals surface area contributed by atoms with Crippen molar-refractivity contribution in [3.63, 3.8) is 0 Å². The Morgan fingerprint density at radius 3 is 2.12 bits per heavy atom. The van der Waals surface area contributed by atoms with Crippen LogP contribution in [0.2, 0.25) is 0 Å². The highest BCUT2D eigenvalue weighted by Gasteiger charge is 2.08. The number of aromatic hydroxyl groups is 1. The van der Waals surface area contributed by atoms with E-state index in [-0.39, 0.29) is 17.1 Å². The minimum atomic E-state index is -0.246. The summed E-state index contributed by atoms with van der Waals surface area (Å²) in [7, 11) is 0. The average Bonchev–Trinajstić information content (AvgIpc) is 2.66. The summed E-state index contributed by atoms with van der Waals surface area (Å²) in [6, 6.07) is 24.0. The molecule has 3 aromatic carbocycles. The molecule has 0 heterocycles. The second kappa shape index (κ2) is 7.81. The van der Waals surface area contributed by atoms with Crippen molar-refractivity contribution in [3.8, 4) is 17.6 Å². The number of rotatable bonds is 3. The maximum atomic E-state index is 12.2. The fourth-order valence-electron chi connectivity index (χ4n) is 2.31. The summed E-state index contributed by atoms with van der Waals surface area (Å²) in [4.78, 5) is 12.2. The third-order valence-electron chi connectivity index (χ3n) is 3.61. The van der Waals surface area contributed by atoms with Gasteiger partial charge in [0, 0.05) is 11.1 Å². The van der Waals surface area contributed by atoms with Crippen LogP contribution in [0.25, 0.3) is 6.08 Å². The molecule has 0 saturated heterocycles. The summed E-state index contributed by atoms with van der Waals surface area (Å²) >= 11 is 0. The first-order valence-corrected chi connectivity index (χ1v) is 7.90. The van der Waals surface area contributed by atoms with E-state index >= 15 is 0 Å². The highest BCUT2D eigenvalue weighted by atomic mass is 16.3. The summed E-state index contributed by atoms with van der Waals surface area (Å²) in [5, 5.41) is 10.1. The van der Waals surface area contributed by atoms with Gasteiger partial charge in [-0.25, -0.2) is 0 Å². The van der Waals surface area contributed by atoms with Gasteiger partial charge in [-0.05, 0) is 42.0 Å². The zero-order valence-electron chi connectivity index (χ0n) is 13.5. The number of allylic oxidation sites excluding steroid dienone is 1. The second-order valence-corrected chi connectivity index (χ2v) is 5.46. The largest absolute Gasteiger partial charge is 0.507 e. The van der Waals surface area contributed by atoms with Gasteiger partial charge in [0.1, 0.15) is 5.75 Å². The van der Waals surface area contributed by atoms with Crippen molar-refractivity contribution in [1.82, 2.24) is 0 Å². The van der Waals surface area contributed by atoms with Gasteiger partial charge in [-0.3, -0.25) is 4.79 Å². The van der Waals surface area contributed by atoms with E-state index in [0.29, 0.717) is 5.56 Å². The predicted molar refractivity (Wildman–Crippen MR) is 100 cm³/mol. The Morgan fingerprint density at radius 1 is 0.800 bits per heavy atom. The van der Waals surface area contributed by atoms with Crippen molar-refractivity contribution < 1.29 is 9.90 Å². The number of carbonyl (C=O) groups excluding carboxylic acids is 1. The number of hydrogen-bond acceptors (Lipinski definition) is 2. The van der Waals surface area contributed by atoms with Crippen LogP contribution in [0.5, 0.6) is 5.75 Å². The fraction of sp³-hybridized carbons (Fsp3) is 0. The quantitative estimate of drug-likeness (QED) is 0.431. The van der Waals surface area contributed by atoms with Gasteiger partial charge >= 0.3 is 0 Å². The van der Waals surface area contributed by atoms with Crippen LogP contribution in [0.4, 0.5) is 0 Å². The molecule has 2 nitrogen and oxygen atoms in total. The lowest BCUT2D eigenvalue weighted by molar-refractivity contribution is 0.104. The molecule has 0 aliphatic carbocycles. The Kier molecular flexibility index (Phi) is 5.09. The molecule has 0 saturated carbocycles. The van der Waals surface area contributed by atoms with Gasteiger partial charge in [-0.2, -0.15) is 0 Å². The van der Waals surface area contributed by atoms with Gasteiger partial charge in [0.05, 0.1) is 5.56 Å². The number of carbonyl (C=O) groups is 1. The average molecular weight is 324 g/mol. The zero-order valence-corrected chi connectivity index (χ0v) is 13.5. The lowest BCUT2D eigenvalue weighted by atomic mass is 10.1. The monoisotopic (exact) mass is 324 g/mol. The van der Waals surface area contributed by atoms with Gasteiger partial charge in [-0.1, -0.05) is 66.4 Å². The summed E-state index contributed by atoms with van der Waals surface area (Å²) in [5.41, 5.74) is 2.75. The molecule has 0 aliphatic heterocycles. The smallest absolute Gasteiger partial charge is 0.189 e. The van der Waals surface area contributed by atoms with E-state index in [1.807, 2.05) is 60.7 Å². The first-order chi connectivity index (χ1) is 12.2. The van der Waals surface area contributed by atoms with Crippen LogP contribution in [0.15, 0.2) is 84.9 Å². The summed E-state index contributed by atoms with van der Waals surface area (Å²) < 4.78 is 0. The Morgan fingerprint density at radius 2 is 1.44 bits per heavy atom. The molecule has 0 fully saturated rings. The molecule has 120 valence electrons. The number of hydrogen-bond donors (Lipinski definition) is 1. The first kappa shape index (κ1) is 16.3. The lowest BCUT2D eigenvalue weighted by Crippen LogP contribution is -1.95. The van der Waals surface area contributed by atoms with Crippen LogP contribution in [0, 0.1) is 11.8 Å². The molecule has 0 atom stereocenters. The number of ketones is 1. The van der Waals surface area contributed by atoms with Gasteiger partial charge in [0.25, 0.3) is 0 Å². The van der Waals surface area contributed by atoms with Gasteiger partial charge in [0.2, 0.25) is 0 Å². The molecule has 0 radical (unpaired) electrons. The number of phenols is 1. The Hall–Kier alpha value is -3.57. The van der Waals surface area contributed by atoms with Crippen molar-refractivity contribution in [2.45, 2.75) is 0 Å². The van der Waals surface area contributed by atoms with Crippen molar-refractivity contribution in [1.29, 1.82) is 0 Å². The van der Waals surface area contributed by atoms with E-state index in [4.69, 9.17) is 0 Å². The van der Waals surface area contributed by atoms with E-state index in [2.05, 4.69) is 11.8 Å². The van der Waals surface area contributed by atoms with E-state index in [1.165, 1.54) is 12.1 Å². The molecule has 0 bridgehead atoms. The molecule has 0 unspecified atom stereocenters. The maximum Gasteiger partial charge on any atom is 0.189 e. The normalized spacial score (nSPS) is 10.2. The molecular weight excluding hydrogens is 308 g/mol. The minimum absolute atomic E-state index is 0.0671. The molecule has 1 N–H and O–H groups in total. The van der Waals surface area contributed by atoms with Crippen molar-refractivity contribution >= 4 is 11.9 Å². The Balaban J connectivity index is 1.77. The molecule has 2 heteroatoms. The van der Waals surface area contributed by atoms with Gasteiger partial charge in [-0.15, -0.1) is 0 Å². The van der Waals surface area contributed by atoms with E-state index < -0.39 is 0 Å². The fourth-order valence-corrected chi connectivity index (χ4v) is 2.31. The topological polar surface area (TPSA) is 37.3 Å². The number of benzene rings is 3. The molecule has 0 aromatic heterocycles. The molecule has 0 aliphatic rings. The molecule has 0 amide bonds. The maximum absolute atomic E-state index is 12.2. The van der Waals surface area contributed by atoms with Crippen LogP contribution in [0.1, 0.15) is 27.0 Å². The summed E-state index contributed by atoms with van der Waals surface area (Å²) in [6.45, 7) is 0. The molecule has 3 rings (SSSR count). The third kappa shape index (κ3) is 4.46. The highest BCUT2D eigenvalue weighted by molar-refractivity contribution is 6.08. The minimum Gasteiger partial charge on any atom is -0.507 e. The van der Waals surface area contributed by atoms with Crippen molar-refractivity contribution in [3.05, 3.63) is 107 Å². The molecule has 3 aromatic rings. The van der Waals surface area contributed by atoms with Crippen molar-refractivity contribution in [2.24, 2.45) is 0 Å². The number of phenolic OH excluding ortho intramolecular Hbond substituents is 1. The van der Waals surface area contributed by atoms with Crippen LogP contribution < -0.4 is 0 Å². The molecule has 25 heavy (non-hydrogen) atoms. The summed E-state index contributed by atoms with van der Waals surface area (Å²) in [5.74, 6) is 5.70. The summed E-state index contributed by atoms with van der Waals surface area (Å²) in [6.07, 6.45) is 3.19. The van der Waals surface area contributed by atoms with Crippen LogP contribution in [-0.4, -0.2) is 10.9 Å². The molecular formula is C23H16O2.